The zero-order chi connectivity index (χ0) is 14.6. The summed E-state index contributed by atoms with van der Waals surface area (Å²) in [6.07, 6.45) is 1.29. The van der Waals surface area contributed by atoms with Gasteiger partial charge in [0.05, 0.1) is 17.7 Å². The van der Waals surface area contributed by atoms with Gasteiger partial charge in [-0.1, -0.05) is 13.3 Å². The third kappa shape index (κ3) is 3.44. The van der Waals surface area contributed by atoms with Crippen LogP contribution < -0.4 is 5.32 Å². The lowest BCUT2D eigenvalue weighted by molar-refractivity contribution is -0.141. The average molecular weight is 292 g/mol. The van der Waals surface area contributed by atoms with E-state index in [1.165, 1.54) is 7.05 Å². The molecule has 8 heteroatoms. The van der Waals surface area contributed by atoms with Gasteiger partial charge in [0.15, 0.2) is 0 Å². The Labute approximate surface area is 113 Å². The van der Waals surface area contributed by atoms with E-state index >= 15 is 0 Å². The summed E-state index contributed by atoms with van der Waals surface area (Å²) in [4.78, 5) is 22.4. The van der Waals surface area contributed by atoms with Crippen LogP contribution in [0.3, 0.4) is 0 Å². The van der Waals surface area contributed by atoms with Crippen molar-refractivity contribution in [2.75, 3.05) is 20.1 Å². The van der Waals surface area contributed by atoms with Crippen molar-refractivity contribution in [2.45, 2.75) is 31.4 Å². The van der Waals surface area contributed by atoms with Crippen molar-refractivity contribution in [3.63, 3.8) is 0 Å². The van der Waals surface area contributed by atoms with Crippen LogP contribution in [0.1, 0.15) is 26.2 Å². The van der Waals surface area contributed by atoms with Gasteiger partial charge in [0.25, 0.3) is 0 Å². The van der Waals surface area contributed by atoms with E-state index in [-0.39, 0.29) is 13.1 Å². The lowest BCUT2D eigenvalue weighted by Crippen LogP contribution is -2.46. The van der Waals surface area contributed by atoms with Crippen molar-refractivity contribution < 1.29 is 23.1 Å². The summed E-state index contributed by atoms with van der Waals surface area (Å²) in [6, 6.07) is 0. The maximum Gasteiger partial charge on any atom is 0.307 e. The Morgan fingerprint density at radius 3 is 2.47 bits per heavy atom. The molecule has 0 saturated heterocycles. The minimum atomic E-state index is -3.76. The molecular weight excluding hydrogens is 272 g/mol. The van der Waals surface area contributed by atoms with Gasteiger partial charge in [0, 0.05) is 13.6 Å². The summed E-state index contributed by atoms with van der Waals surface area (Å²) in [5.74, 6) is -2.36. The Balaban J connectivity index is 2.94. The highest BCUT2D eigenvalue weighted by Gasteiger charge is 2.44. The number of aliphatic carboxylic acids is 1. The van der Waals surface area contributed by atoms with Crippen molar-refractivity contribution in [2.24, 2.45) is 5.92 Å². The molecule has 2 N–H and O–H groups in total. The fraction of sp³-hybridized carbons (Fsp3) is 0.818. The third-order valence-corrected chi connectivity index (χ3v) is 5.90. The molecule has 1 saturated carbocycles. The largest absolute Gasteiger partial charge is 0.481 e. The van der Waals surface area contributed by atoms with Crippen molar-refractivity contribution in [1.29, 1.82) is 0 Å². The van der Waals surface area contributed by atoms with Crippen LogP contribution in [0, 0.1) is 5.92 Å². The first kappa shape index (κ1) is 15.9. The molecule has 1 fully saturated rings. The molecule has 0 aromatic heterocycles. The van der Waals surface area contributed by atoms with Crippen LogP contribution in [0.15, 0.2) is 0 Å². The second kappa shape index (κ2) is 6.33. The average Bonchev–Trinajstić information content (AvgIpc) is 2.85. The molecule has 19 heavy (non-hydrogen) atoms. The van der Waals surface area contributed by atoms with Crippen LogP contribution in [0.5, 0.6) is 0 Å². The van der Waals surface area contributed by atoms with Gasteiger partial charge in [-0.05, 0) is 12.8 Å². The van der Waals surface area contributed by atoms with E-state index in [0.717, 1.165) is 4.31 Å². The van der Waals surface area contributed by atoms with Gasteiger partial charge in [-0.25, -0.2) is 8.42 Å². The highest BCUT2D eigenvalue weighted by molar-refractivity contribution is 7.89. The minimum Gasteiger partial charge on any atom is -0.481 e. The third-order valence-electron chi connectivity index (χ3n) is 3.46. The predicted molar refractivity (Wildman–Crippen MR) is 69.0 cm³/mol. The van der Waals surface area contributed by atoms with Crippen LogP contribution in [0.4, 0.5) is 0 Å². The fourth-order valence-corrected chi connectivity index (χ4v) is 4.55. The lowest BCUT2D eigenvalue weighted by Gasteiger charge is -2.25. The SMILES string of the molecule is CCN(CC(=O)NC)S(=O)(=O)C1CCCC1C(=O)O. The number of carbonyl (C=O) groups excluding carboxylic acids is 1. The summed E-state index contributed by atoms with van der Waals surface area (Å²) in [5, 5.41) is 10.5. The quantitative estimate of drug-likeness (QED) is 0.695. The van der Waals surface area contributed by atoms with E-state index in [0.29, 0.717) is 19.3 Å². The number of nitrogens with zero attached hydrogens (tertiary/aromatic N) is 1. The second-order valence-corrected chi connectivity index (χ2v) is 6.71. The minimum absolute atomic E-state index is 0.151. The number of rotatable bonds is 6. The summed E-state index contributed by atoms with van der Waals surface area (Å²) in [7, 11) is -2.33. The topological polar surface area (TPSA) is 104 Å². The molecule has 0 heterocycles. The number of nitrogens with one attached hydrogen (secondary N) is 1. The van der Waals surface area contributed by atoms with E-state index in [1.54, 1.807) is 6.92 Å². The molecule has 1 aliphatic rings. The molecule has 0 aromatic carbocycles. The van der Waals surface area contributed by atoms with Crippen molar-refractivity contribution in [3.8, 4) is 0 Å². The number of carbonyl (C=O) groups is 2. The standard InChI is InChI=1S/C11H20N2O5S/c1-3-13(7-10(14)12-2)19(17,18)9-6-4-5-8(9)11(15)16/h8-9H,3-7H2,1-2H3,(H,12,14)(H,15,16). The van der Waals surface area contributed by atoms with Crippen molar-refractivity contribution in [3.05, 3.63) is 0 Å². The molecule has 0 aromatic rings. The normalized spacial score (nSPS) is 23.5. The smallest absolute Gasteiger partial charge is 0.307 e. The molecule has 1 aliphatic carbocycles. The van der Waals surface area contributed by atoms with Gasteiger partial charge in [-0.2, -0.15) is 4.31 Å². The molecular formula is C11H20N2O5S. The first-order chi connectivity index (χ1) is 8.84. The number of hydrogen-bond acceptors (Lipinski definition) is 4. The van der Waals surface area contributed by atoms with Gasteiger partial charge in [-0.3, -0.25) is 9.59 Å². The number of amides is 1. The maximum atomic E-state index is 12.4. The Morgan fingerprint density at radius 2 is 2.00 bits per heavy atom. The van der Waals surface area contributed by atoms with Gasteiger partial charge in [0.2, 0.25) is 15.9 Å². The zero-order valence-electron chi connectivity index (χ0n) is 11.1. The first-order valence-electron chi connectivity index (χ1n) is 6.27. The molecule has 0 aliphatic heterocycles. The number of likely N-dealkylation sites (N-methyl/N-ethyl adjacent to an activating group) is 2. The molecule has 0 bridgehead atoms. The summed E-state index contributed by atoms with van der Waals surface area (Å²) in [6.45, 7) is 1.52. The van der Waals surface area contributed by atoms with Gasteiger partial charge >= 0.3 is 5.97 Å². The van der Waals surface area contributed by atoms with E-state index < -0.39 is 33.1 Å². The van der Waals surface area contributed by atoms with Gasteiger partial charge in [-0.15, -0.1) is 0 Å². The maximum absolute atomic E-state index is 12.4. The molecule has 1 amide bonds. The molecule has 0 spiro atoms. The number of sulfonamides is 1. The van der Waals surface area contributed by atoms with Gasteiger partial charge < -0.3 is 10.4 Å². The monoisotopic (exact) mass is 292 g/mol. The molecule has 2 unspecified atom stereocenters. The summed E-state index contributed by atoms with van der Waals surface area (Å²) >= 11 is 0. The highest BCUT2D eigenvalue weighted by Crippen LogP contribution is 2.33. The van der Waals surface area contributed by atoms with Crippen LogP contribution in [0.25, 0.3) is 0 Å². The van der Waals surface area contributed by atoms with E-state index in [9.17, 15) is 18.0 Å². The van der Waals surface area contributed by atoms with Crippen molar-refractivity contribution >= 4 is 21.9 Å². The number of carboxylic acids is 1. The van der Waals surface area contributed by atoms with Crippen molar-refractivity contribution in [1.82, 2.24) is 9.62 Å². The predicted octanol–water partition coefficient (Wildman–Crippen LogP) is -0.363. The van der Waals surface area contributed by atoms with E-state index in [2.05, 4.69) is 5.32 Å². The van der Waals surface area contributed by atoms with Crippen LogP contribution >= 0.6 is 0 Å². The van der Waals surface area contributed by atoms with E-state index in [4.69, 9.17) is 5.11 Å². The van der Waals surface area contributed by atoms with Crippen LogP contribution in [-0.2, 0) is 19.6 Å². The fourth-order valence-electron chi connectivity index (χ4n) is 2.38. The van der Waals surface area contributed by atoms with Crippen LogP contribution in [0.2, 0.25) is 0 Å². The zero-order valence-corrected chi connectivity index (χ0v) is 11.9. The number of hydrogen-bond donors (Lipinski definition) is 2. The Kier molecular flexibility index (Phi) is 5.30. The van der Waals surface area contributed by atoms with Gasteiger partial charge in [0.1, 0.15) is 0 Å². The Hall–Kier alpha value is -1.15. The molecule has 1 rings (SSSR count). The molecule has 7 nitrogen and oxygen atoms in total. The lowest BCUT2D eigenvalue weighted by atomic mass is 10.1. The highest BCUT2D eigenvalue weighted by atomic mass is 32.2. The first-order valence-corrected chi connectivity index (χ1v) is 7.77. The Bertz CT molecular complexity index is 448. The molecule has 2 atom stereocenters. The second-order valence-electron chi connectivity index (χ2n) is 4.56. The van der Waals surface area contributed by atoms with E-state index in [1.807, 2.05) is 0 Å². The molecule has 0 radical (unpaired) electrons. The Morgan fingerprint density at radius 1 is 1.37 bits per heavy atom. The molecule has 110 valence electrons. The summed E-state index contributed by atoms with van der Waals surface area (Å²) in [5.41, 5.74) is 0. The van der Waals surface area contributed by atoms with Crippen LogP contribution in [-0.4, -0.2) is 55.1 Å². The number of carboxylic acid groups (broad SMARTS) is 1. The summed E-state index contributed by atoms with van der Waals surface area (Å²) < 4.78 is 25.9.